The van der Waals surface area contributed by atoms with Gasteiger partial charge in [-0.3, -0.25) is 13.9 Å². The van der Waals surface area contributed by atoms with E-state index in [9.17, 15) is 9.59 Å². The third kappa shape index (κ3) is 3.85. The van der Waals surface area contributed by atoms with E-state index >= 15 is 0 Å². The molecule has 0 fully saturated rings. The van der Waals surface area contributed by atoms with Crippen molar-refractivity contribution in [2.75, 3.05) is 13.2 Å². The molecule has 0 saturated carbocycles. The molecule has 2 aromatic carbocycles. The minimum Gasteiger partial charge on any atom is -0.492 e. The Morgan fingerprint density at radius 3 is 2.52 bits per heavy atom. The number of nitrogens with one attached hydrogen (secondary N) is 1. The fourth-order valence-electron chi connectivity index (χ4n) is 2.61. The van der Waals surface area contributed by atoms with E-state index in [1.54, 1.807) is 31.3 Å². The summed E-state index contributed by atoms with van der Waals surface area (Å²) in [5, 5.41) is 3.39. The molecular weight excluding hydrogens is 342 g/mol. The zero-order valence-corrected chi connectivity index (χ0v) is 14.5. The summed E-state index contributed by atoms with van der Waals surface area (Å²) < 4.78 is 8.51. The molecule has 0 bridgehead atoms. The summed E-state index contributed by atoms with van der Waals surface area (Å²) >= 11 is 5.81. The van der Waals surface area contributed by atoms with Gasteiger partial charge in [-0.15, -0.1) is 0 Å². The number of amides is 1. The summed E-state index contributed by atoms with van der Waals surface area (Å²) in [5.41, 5.74) is 1.32. The maximum atomic E-state index is 12.3. The Morgan fingerprint density at radius 1 is 1.12 bits per heavy atom. The van der Waals surface area contributed by atoms with Crippen molar-refractivity contribution in [1.29, 1.82) is 0 Å². The van der Waals surface area contributed by atoms with Gasteiger partial charge in [0.1, 0.15) is 18.9 Å². The number of nitrogens with zero attached hydrogens (tertiary/aromatic N) is 2. The van der Waals surface area contributed by atoms with Gasteiger partial charge in [-0.05, 0) is 36.4 Å². The average Bonchev–Trinajstić information content (AvgIpc) is 2.86. The first-order valence-corrected chi connectivity index (χ1v) is 8.23. The molecule has 0 atom stereocenters. The summed E-state index contributed by atoms with van der Waals surface area (Å²) in [6.45, 7) is 0.653. The minimum absolute atomic E-state index is 0.0267. The minimum atomic E-state index is -0.238. The quantitative estimate of drug-likeness (QED) is 0.686. The van der Waals surface area contributed by atoms with Crippen LogP contribution in [0.1, 0.15) is 0 Å². The van der Waals surface area contributed by atoms with E-state index in [0.29, 0.717) is 23.9 Å². The molecule has 6 nitrogen and oxygen atoms in total. The van der Waals surface area contributed by atoms with Crippen LogP contribution in [0.25, 0.3) is 11.0 Å². The first-order chi connectivity index (χ1) is 12.1. The summed E-state index contributed by atoms with van der Waals surface area (Å²) in [4.78, 5) is 24.4. The van der Waals surface area contributed by atoms with Crippen molar-refractivity contribution >= 4 is 28.5 Å². The standard InChI is InChI=1S/C18H18ClN3O3/c1-21-15-4-2-3-5-16(15)22(18(21)24)12-17(23)20-10-11-25-14-8-6-13(19)7-9-14/h2-9H,10-12H2,1H3,(H,20,23). The largest absolute Gasteiger partial charge is 0.492 e. The first-order valence-electron chi connectivity index (χ1n) is 7.85. The van der Waals surface area contributed by atoms with Crippen molar-refractivity contribution in [3.63, 3.8) is 0 Å². The number of aryl methyl sites for hydroxylation is 1. The molecule has 0 saturated heterocycles. The van der Waals surface area contributed by atoms with Gasteiger partial charge in [0.2, 0.25) is 5.91 Å². The maximum absolute atomic E-state index is 12.3. The number of benzene rings is 2. The van der Waals surface area contributed by atoms with Crippen molar-refractivity contribution < 1.29 is 9.53 Å². The lowest BCUT2D eigenvalue weighted by molar-refractivity contribution is -0.121. The van der Waals surface area contributed by atoms with Gasteiger partial charge < -0.3 is 10.1 Å². The Balaban J connectivity index is 1.56. The monoisotopic (exact) mass is 359 g/mol. The molecular formula is C18H18ClN3O3. The van der Waals surface area contributed by atoms with Crippen LogP contribution in [0.15, 0.2) is 53.3 Å². The lowest BCUT2D eigenvalue weighted by Crippen LogP contribution is -2.34. The Hall–Kier alpha value is -2.73. The van der Waals surface area contributed by atoms with E-state index in [4.69, 9.17) is 16.3 Å². The van der Waals surface area contributed by atoms with Crippen LogP contribution in [0, 0.1) is 0 Å². The summed E-state index contributed by atoms with van der Waals surface area (Å²) in [6.07, 6.45) is 0. The van der Waals surface area contributed by atoms with Crippen LogP contribution in [-0.4, -0.2) is 28.2 Å². The molecule has 0 aliphatic rings. The van der Waals surface area contributed by atoms with Crippen LogP contribution < -0.4 is 15.7 Å². The van der Waals surface area contributed by atoms with Crippen LogP contribution in [0.4, 0.5) is 0 Å². The normalized spacial score (nSPS) is 10.8. The third-order valence-corrected chi connectivity index (χ3v) is 4.11. The molecule has 1 N–H and O–H groups in total. The van der Waals surface area contributed by atoms with E-state index < -0.39 is 0 Å². The fourth-order valence-corrected chi connectivity index (χ4v) is 2.73. The number of hydrogen-bond acceptors (Lipinski definition) is 3. The van der Waals surface area contributed by atoms with Crippen molar-refractivity contribution in [2.45, 2.75) is 6.54 Å². The van der Waals surface area contributed by atoms with Crippen LogP contribution in [-0.2, 0) is 18.4 Å². The molecule has 0 spiro atoms. The molecule has 0 aliphatic heterocycles. The predicted octanol–water partition coefficient (Wildman–Crippen LogP) is 2.19. The lowest BCUT2D eigenvalue weighted by atomic mass is 10.3. The number of halogens is 1. The van der Waals surface area contributed by atoms with E-state index in [2.05, 4.69) is 5.32 Å². The number of ether oxygens (including phenoxy) is 1. The number of rotatable bonds is 6. The Kier molecular flexibility index (Phi) is 5.09. The highest BCUT2D eigenvalue weighted by atomic mass is 35.5. The van der Waals surface area contributed by atoms with Crippen LogP contribution in [0.2, 0.25) is 5.02 Å². The van der Waals surface area contributed by atoms with Crippen molar-refractivity contribution in [3.8, 4) is 5.75 Å². The van der Waals surface area contributed by atoms with Gasteiger partial charge in [-0.1, -0.05) is 23.7 Å². The van der Waals surface area contributed by atoms with Gasteiger partial charge in [-0.2, -0.15) is 0 Å². The maximum Gasteiger partial charge on any atom is 0.329 e. The molecule has 0 unspecified atom stereocenters. The highest BCUT2D eigenvalue weighted by Gasteiger charge is 2.12. The molecule has 25 heavy (non-hydrogen) atoms. The van der Waals surface area contributed by atoms with Crippen LogP contribution >= 0.6 is 11.6 Å². The number of fused-ring (bicyclic) bond motifs is 1. The van der Waals surface area contributed by atoms with Gasteiger partial charge in [0.25, 0.3) is 0 Å². The van der Waals surface area contributed by atoms with E-state index in [0.717, 1.165) is 11.0 Å². The molecule has 3 rings (SSSR count). The topological polar surface area (TPSA) is 65.3 Å². The second-order valence-corrected chi connectivity index (χ2v) is 6.01. The SMILES string of the molecule is Cn1c(=O)n(CC(=O)NCCOc2ccc(Cl)cc2)c2ccccc21. The second kappa shape index (κ2) is 7.44. The number of hydrogen-bond donors (Lipinski definition) is 1. The Labute approximate surface area is 149 Å². The smallest absolute Gasteiger partial charge is 0.329 e. The number of carbonyl (C=O) groups excluding carboxylic acids is 1. The third-order valence-electron chi connectivity index (χ3n) is 3.86. The summed E-state index contributed by atoms with van der Waals surface area (Å²) in [6, 6.07) is 14.4. The van der Waals surface area contributed by atoms with Gasteiger partial charge >= 0.3 is 5.69 Å². The van der Waals surface area contributed by atoms with Gasteiger partial charge in [0.05, 0.1) is 17.6 Å². The van der Waals surface area contributed by atoms with Crippen molar-refractivity contribution in [3.05, 3.63) is 64.0 Å². The molecule has 0 radical (unpaired) electrons. The zero-order valence-electron chi connectivity index (χ0n) is 13.7. The first kappa shape index (κ1) is 17.1. The number of para-hydroxylation sites is 2. The molecule has 3 aromatic rings. The summed E-state index contributed by atoms with van der Waals surface area (Å²) in [7, 11) is 1.69. The highest BCUT2D eigenvalue weighted by molar-refractivity contribution is 6.30. The molecule has 1 aromatic heterocycles. The predicted molar refractivity (Wildman–Crippen MR) is 97.1 cm³/mol. The fraction of sp³-hybridized carbons (Fsp3) is 0.222. The molecule has 1 amide bonds. The highest BCUT2D eigenvalue weighted by Crippen LogP contribution is 2.15. The Bertz CT molecular complexity index is 944. The van der Waals surface area contributed by atoms with Crippen LogP contribution in [0.3, 0.4) is 0 Å². The lowest BCUT2D eigenvalue weighted by Gasteiger charge is -2.08. The molecule has 130 valence electrons. The number of aromatic nitrogens is 2. The van der Waals surface area contributed by atoms with Crippen molar-refractivity contribution in [2.24, 2.45) is 7.05 Å². The van der Waals surface area contributed by atoms with Gasteiger partial charge in [0, 0.05) is 12.1 Å². The van der Waals surface area contributed by atoms with E-state index in [1.165, 1.54) is 9.13 Å². The van der Waals surface area contributed by atoms with Crippen LogP contribution in [0.5, 0.6) is 5.75 Å². The van der Waals surface area contributed by atoms with Gasteiger partial charge in [0.15, 0.2) is 0 Å². The zero-order chi connectivity index (χ0) is 17.8. The van der Waals surface area contributed by atoms with Gasteiger partial charge in [-0.25, -0.2) is 4.79 Å². The average molecular weight is 360 g/mol. The summed E-state index contributed by atoms with van der Waals surface area (Å²) in [5.74, 6) is 0.446. The molecule has 7 heteroatoms. The molecule has 0 aliphatic carbocycles. The Morgan fingerprint density at radius 2 is 1.80 bits per heavy atom. The molecule has 1 heterocycles. The second-order valence-electron chi connectivity index (χ2n) is 5.57. The number of carbonyl (C=O) groups is 1. The van der Waals surface area contributed by atoms with E-state index in [-0.39, 0.29) is 18.1 Å². The van der Waals surface area contributed by atoms with Crippen molar-refractivity contribution in [1.82, 2.24) is 14.5 Å². The van der Waals surface area contributed by atoms with E-state index in [1.807, 2.05) is 24.3 Å². The number of imidazole rings is 1.